The number of anilines is 1. The molecule has 0 unspecified atom stereocenters. The van der Waals surface area contributed by atoms with Crippen molar-refractivity contribution in [2.75, 3.05) is 25.0 Å². The van der Waals surface area contributed by atoms with Crippen LogP contribution in [0, 0.1) is 5.92 Å². The topological polar surface area (TPSA) is 134 Å². The average Bonchev–Trinajstić information content (AvgIpc) is 3.64. The Labute approximate surface area is 265 Å². The highest BCUT2D eigenvalue weighted by Gasteiger charge is 2.41. The molecule has 0 spiro atoms. The van der Waals surface area contributed by atoms with Gasteiger partial charge in [-0.25, -0.2) is 15.0 Å². The van der Waals surface area contributed by atoms with Crippen molar-refractivity contribution < 1.29 is 19.4 Å². The summed E-state index contributed by atoms with van der Waals surface area (Å²) in [6.45, 7) is 4.61. The third-order valence-electron chi connectivity index (χ3n) is 9.35. The second-order valence-corrected chi connectivity index (χ2v) is 13.4. The molecule has 1 aliphatic heterocycles. The first-order valence-corrected chi connectivity index (χ1v) is 16.5. The highest BCUT2D eigenvalue weighted by atomic mass is 32.1. The minimum atomic E-state index is -0.399. The summed E-state index contributed by atoms with van der Waals surface area (Å²) in [6, 6.07) is 10.1. The smallest absolute Gasteiger partial charge is 0.254 e. The number of hydrogen-bond donors (Lipinski definition) is 2. The zero-order valence-corrected chi connectivity index (χ0v) is 26.0. The van der Waals surface area contributed by atoms with Crippen LogP contribution in [0.1, 0.15) is 55.2 Å². The summed E-state index contributed by atoms with van der Waals surface area (Å²) < 4.78 is 6.78. The Balaban J connectivity index is 0.904. The molecule has 11 nitrogen and oxygen atoms in total. The number of piperazine rings is 1. The van der Waals surface area contributed by atoms with E-state index in [0.717, 1.165) is 60.0 Å². The number of hydrogen-bond acceptors (Lipinski definition) is 10. The number of benzene rings is 1. The van der Waals surface area contributed by atoms with Crippen LogP contribution in [0.3, 0.4) is 0 Å². The molecule has 4 aromatic rings. The maximum atomic E-state index is 13.1. The molecule has 1 aromatic carbocycles. The van der Waals surface area contributed by atoms with Crippen LogP contribution in [0.25, 0.3) is 21.3 Å². The Bertz CT molecular complexity index is 1660. The molecule has 3 atom stereocenters. The summed E-state index contributed by atoms with van der Waals surface area (Å²) in [5.74, 6) is 0.609. The van der Waals surface area contributed by atoms with Crippen molar-refractivity contribution in [2.24, 2.45) is 5.92 Å². The van der Waals surface area contributed by atoms with E-state index in [2.05, 4.69) is 37.1 Å². The number of nitrogens with zero attached hydrogens (tertiary/aromatic N) is 6. The van der Waals surface area contributed by atoms with Crippen LogP contribution in [0.2, 0.25) is 0 Å². The van der Waals surface area contributed by atoms with E-state index < -0.39 is 6.10 Å². The Morgan fingerprint density at radius 1 is 1.07 bits per heavy atom. The predicted octanol–water partition coefficient (Wildman–Crippen LogP) is 4.14. The summed E-state index contributed by atoms with van der Waals surface area (Å²) in [4.78, 5) is 47.9. The van der Waals surface area contributed by atoms with Crippen molar-refractivity contribution in [3.8, 4) is 11.1 Å². The van der Waals surface area contributed by atoms with Crippen molar-refractivity contribution >= 4 is 38.5 Å². The van der Waals surface area contributed by atoms with Gasteiger partial charge < -0.3 is 20.1 Å². The molecule has 2 saturated carbocycles. The zero-order chi connectivity index (χ0) is 30.9. The largest absolute Gasteiger partial charge is 0.390 e. The number of rotatable bonds is 8. The SMILES string of the molecule is C[C@H]1CN(C(=O)c2ccncc2)CCN1[C@H]1C[C@@H](C(=O)Nc2nc3ccc(-c4cnc(CO[C@H]5CCC[C@@H]5O)nc4)cc3s2)C1. The highest BCUT2D eigenvalue weighted by molar-refractivity contribution is 7.22. The van der Waals surface area contributed by atoms with Gasteiger partial charge in [-0.05, 0) is 68.9 Å². The summed E-state index contributed by atoms with van der Waals surface area (Å²) in [5.41, 5.74) is 3.36. The van der Waals surface area contributed by atoms with Crippen molar-refractivity contribution in [1.82, 2.24) is 29.7 Å². The molecule has 12 heteroatoms. The van der Waals surface area contributed by atoms with Crippen LogP contribution in [0.4, 0.5) is 5.13 Å². The lowest BCUT2D eigenvalue weighted by molar-refractivity contribution is -0.125. The standard InChI is InChI=1S/C33H37N7O4S/c1-20-18-39(32(43)21-7-9-34-10-8-21)11-12-40(20)25-13-23(14-25)31(42)38-33-37-26-6-5-22(15-29(26)45-33)24-16-35-30(36-17-24)19-44-28-4-2-3-27(28)41/h5-10,15-17,20,23,25,27-28,41H,2-4,11-14,18-19H2,1H3,(H,37,38,42)/t20-,23-,25+,27-,28-/m0/s1. The Kier molecular flexibility index (Phi) is 8.54. The second kappa shape index (κ2) is 12.9. The number of pyridine rings is 1. The van der Waals surface area contributed by atoms with Gasteiger partial charge in [0.1, 0.15) is 6.61 Å². The molecule has 2 aliphatic carbocycles. The van der Waals surface area contributed by atoms with Gasteiger partial charge in [-0.2, -0.15) is 0 Å². The Morgan fingerprint density at radius 3 is 2.60 bits per heavy atom. The monoisotopic (exact) mass is 627 g/mol. The molecule has 0 radical (unpaired) electrons. The number of fused-ring (bicyclic) bond motifs is 1. The van der Waals surface area contributed by atoms with Gasteiger partial charge in [0.15, 0.2) is 11.0 Å². The van der Waals surface area contributed by atoms with E-state index in [1.54, 1.807) is 36.9 Å². The van der Waals surface area contributed by atoms with Gasteiger partial charge in [-0.3, -0.25) is 19.5 Å². The molecule has 1 saturated heterocycles. The first-order chi connectivity index (χ1) is 21.9. The molecule has 3 aliphatic rings. The summed E-state index contributed by atoms with van der Waals surface area (Å²) >= 11 is 1.46. The minimum absolute atomic E-state index is 0.0148. The van der Waals surface area contributed by atoms with Crippen LogP contribution >= 0.6 is 11.3 Å². The van der Waals surface area contributed by atoms with Gasteiger partial charge in [-0.15, -0.1) is 0 Å². The van der Waals surface area contributed by atoms with Gasteiger partial charge in [0, 0.05) is 73.6 Å². The van der Waals surface area contributed by atoms with Crippen LogP contribution < -0.4 is 5.32 Å². The first-order valence-electron chi connectivity index (χ1n) is 15.7. The van der Waals surface area contributed by atoms with Crippen molar-refractivity contribution in [2.45, 2.75) is 69.9 Å². The first kappa shape index (κ1) is 29.8. The Hall–Kier alpha value is -3.84. The summed E-state index contributed by atoms with van der Waals surface area (Å²) in [6.07, 6.45) is 10.6. The van der Waals surface area contributed by atoms with E-state index in [9.17, 15) is 14.7 Å². The lowest BCUT2D eigenvalue weighted by Gasteiger charge is -2.49. The van der Waals surface area contributed by atoms with Gasteiger partial charge in [-0.1, -0.05) is 17.4 Å². The lowest BCUT2D eigenvalue weighted by Crippen LogP contribution is -2.60. The number of amides is 2. The molecule has 2 N–H and O–H groups in total. The molecule has 4 heterocycles. The lowest BCUT2D eigenvalue weighted by atomic mass is 9.78. The van der Waals surface area contributed by atoms with Crippen LogP contribution in [-0.2, 0) is 16.1 Å². The summed E-state index contributed by atoms with van der Waals surface area (Å²) in [5, 5.41) is 13.6. The third-order valence-corrected chi connectivity index (χ3v) is 10.3. The molecule has 234 valence electrons. The fraction of sp³-hybridized carbons (Fsp3) is 0.455. The molecule has 3 fully saturated rings. The minimum Gasteiger partial charge on any atom is -0.390 e. The van der Waals surface area contributed by atoms with Crippen molar-refractivity contribution in [3.63, 3.8) is 0 Å². The number of nitrogens with one attached hydrogen (secondary N) is 1. The number of aromatic nitrogens is 4. The van der Waals surface area contributed by atoms with E-state index >= 15 is 0 Å². The normalized spacial score (nSPS) is 25.3. The van der Waals surface area contributed by atoms with E-state index in [-0.39, 0.29) is 36.5 Å². The molecule has 0 bridgehead atoms. The number of carbonyl (C=O) groups is 2. The predicted molar refractivity (Wildman–Crippen MR) is 171 cm³/mol. The molecular weight excluding hydrogens is 590 g/mol. The van der Waals surface area contributed by atoms with E-state index in [1.807, 2.05) is 23.1 Å². The molecule has 7 rings (SSSR count). The molecule has 45 heavy (non-hydrogen) atoms. The quantitative estimate of drug-likeness (QED) is 0.296. The number of carbonyl (C=O) groups excluding carboxylic acids is 2. The van der Waals surface area contributed by atoms with Gasteiger partial charge in [0.2, 0.25) is 5.91 Å². The second-order valence-electron chi connectivity index (χ2n) is 12.3. The average molecular weight is 628 g/mol. The van der Waals surface area contributed by atoms with E-state index in [1.165, 1.54) is 11.3 Å². The zero-order valence-electron chi connectivity index (χ0n) is 25.2. The fourth-order valence-corrected chi connectivity index (χ4v) is 7.58. The molecular formula is C33H37N7O4S. The number of ether oxygens (including phenoxy) is 1. The van der Waals surface area contributed by atoms with Crippen LogP contribution in [-0.4, -0.2) is 90.6 Å². The number of aliphatic hydroxyl groups is 1. The van der Waals surface area contributed by atoms with Crippen molar-refractivity contribution in [3.05, 3.63) is 66.5 Å². The number of aliphatic hydroxyl groups excluding tert-OH is 1. The molecule has 2 amide bonds. The van der Waals surface area contributed by atoms with E-state index in [4.69, 9.17) is 4.74 Å². The van der Waals surface area contributed by atoms with Gasteiger partial charge in [0.25, 0.3) is 5.91 Å². The third kappa shape index (κ3) is 6.46. The van der Waals surface area contributed by atoms with Gasteiger partial charge >= 0.3 is 0 Å². The highest BCUT2D eigenvalue weighted by Crippen LogP contribution is 2.36. The fourth-order valence-electron chi connectivity index (χ4n) is 6.67. The summed E-state index contributed by atoms with van der Waals surface area (Å²) in [7, 11) is 0. The van der Waals surface area contributed by atoms with Crippen LogP contribution in [0.5, 0.6) is 0 Å². The maximum absolute atomic E-state index is 13.1. The van der Waals surface area contributed by atoms with E-state index in [0.29, 0.717) is 35.7 Å². The number of thiazole rings is 1. The van der Waals surface area contributed by atoms with Gasteiger partial charge in [0.05, 0.1) is 22.4 Å². The maximum Gasteiger partial charge on any atom is 0.254 e. The molecule has 3 aromatic heterocycles. The Morgan fingerprint density at radius 2 is 1.87 bits per heavy atom. The van der Waals surface area contributed by atoms with Crippen LogP contribution in [0.15, 0.2) is 55.1 Å². The van der Waals surface area contributed by atoms with Crippen molar-refractivity contribution in [1.29, 1.82) is 0 Å².